The van der Waals surface area contributed by atoms with E-state index in [-0.39, 0.29) is 5.84 Å². The number of nitrogen functional groups attached to an aromatic ring is 2. The molecule has 1 aliphatic rings. The molecule has 1 heterocycles. The Kier molecular flexibility index (Phi) is 3.57. The number of hydrogen-bond acceptors (Lipinski definition) is 4. The third-order valence-corrected chi connectivity index (χ3v) is 4.40. The maximum atomic E-state index is 7.73. The molecule has 0 saturated carbocycles. The van der Waals surface area contributed by atoms with Crippen LogP contribution >= 0.6 is 0 Å². The molecule has 6 heteroatoms. The van der Waals surface area contributed by atoms with E-state index in [1.807, 2.05) is 54.7 Å². The number of benzene rings is 2. The van der Waals surface area contributed by atoms with Crippen molar-refractivity contribution in [3.05, 3.63) is 71.4 Å². The molecule has 0 bridgehead atoms. The van der Waals surface area contributed by atoms with Crippen LogP contribution in [0.4, 0.5) is 5.95 Å². The van der Waals surface area contributed by atoms with Crippen LogP contribution in [0.2, 0.25) is 0 Å². The van der Waals surface area contributed by atoms with E-state index in [4.69, 9.17) is 16.9 Å². The highest BCUT2D eigenvalue weighted by Gasteiger charge is 2.22. The van der Waals surface area contributed by atoms with Gasteiger partial charge in [0.2, 0.25) is 5.95 Å². The normalized spacial score (nSPS) is 14.6. The molecule has 0 radical (unpaired) electrons. The number of nitrogens with two attached hydrogens (primary N) is 2. The molecule has 0 unspecified atom stereocenters. The van der Waals surface area contributed by atoms with Gasteiger partial charge >= 0.3 is 0 Å². The Morgan fingerprint density at radius 2 is 1.88 bits per heavy atom. The van der Waals surface area contributed by atoms with Gasteiger partial charge in [-0.15, -0.1) is 0 Å². The van der Waals surface area contributed by atoms with Gasteiger partial charge in [-0.25, -0.2) is 9.66 Å². The minimum absolute atomic E-state index is 0.0895. The fourth-order valence-electron chi connectivity index (χ4n) is 3.20. The standard InChI is InChI=1S/C19H18N6/c20-18(21)15-8-4-7-14-13(15)9-10-16(14)24-25-11-17(23-19(25)22)12-5-2-1-3-6-12/h1-8,11H,9-10H2,(H3,20,21)(H2,22,23). The lowest BCUT2D eigenvalue weighted by Crippen LogP contribution is -2.13. The summed E-state index contributed by atoms with van der Waals surface area (Å²) >= 11 is 0. The van der Waals surface area contributed by atoms with E-state index in [0.717, 1.165) is 46.5 Å². The van der Waals surface area contributed by atoms with Crippen molar-refractivity contribution < 1.29 is 0 Å². The van der Waals surface area contributed by atoms with Gasteiger partial charge < -0.3 is 11.5 Å². The fraction of sp³-hybridized carbons (Fsp3) is 0.105. The molecule has 4 rings (SSSR count). The summed E-state index contributed by atoms with van der Waals surface area (Å²) < 4.78 is 1.62. The van der Waals surface area contributed by atoms with E-state index in [9.17, 15) is 0 Å². The minimum atomic E-state index is 0.0895. The first-order valence-electron chi connectivity index (χ1n) is 8.08. The Balaban J connectivity index is 1.74. The molecule has 0 saturated heterocycles. The van der Waals surface area contributed by atoms with Crippen molar-refractivity contribution in [3.8, 4) is 11.3 Å². The molecule has 3 aromatic rings. The number of fused-ring (bicyclic) bond motifs is 1. The number of nitrogens with one attached hydrogen (secondary N) is 1. The highest BCUT2D eigenvalue weighted by molar-refractivity contribution is 6.08. The van der Waals surface area contributed by atoms with Gasteiger partial charge in [-0.1, -0.05) is 48.5 Å². The Bertz CT molecular complexity index is 984. The molecule has 1 aromatic heterocycles. The van der Waals surface area contributed by atoms with E-state index >= 15 is 0 Å². The second-order valence-corrected chi connectivity index (χ2v) is 5.99. The zero-order valence-electron chi connectivity index (χ0n) is 13.6. The van der Waals surface area contributed by atoms with E-state index < -0.39 is 0 Å². The maximum Gasteiger partial charge on any atom is 0.221 e. The lowest BCUT2D eigenvalue weighted by Gasteiger charge is -2.06. The van der Waals surface area contributed by atoms with E-state index in [1.54, 1.807) is 4.68 Å². The largest absolute Gasteiger partial charge is 0.384 e. The number of anilines is 1. The maximum absolute atomic E-state index is 7.73. The van der Waals surface area contributed by atoms with Gasteiger partial charge in [0.15, 0.2) is 0 Å². The molecule has 0 fully saturated rings. The van der Waals surface area contributed by atoms with Gasteiger partial charge in [0, 0.05) is 16.7 Å². The average Bonchev–Trinajstić information content (AvgIpc) is 3.20. The third-order valence-electron chi connectivity index (χ3n) is 4.40. The van der Waals surface area contributed by atoms with Crippen LogP contribution in [0.15, 0.2) is 59.8 Å². The number of amidine groups is 1. The number of imidazole rings is 1. The van der Waals surface area contributed by atoms with Crippen molar-refractivity contribution in [2.24, 2.45) is 10.8 Å². The van der Waals surface area contributed by atoms with Crippen molar-refractivity contribution in [2.75, 3.05) is 5.73 Å². The molecule has 1 aliphatic carbocycles. The first-order valence-corrected chi connectivity index (χ1v) is 8.08. The Morgan fingerprint density at radius 3 is 2.64 bits per heavy atom. The minimum Gasteiger partial charge on any atom is -0.384 e. The van der Waals surface area contributed by atoms with Crippen molar-refractivity contribution in [3.63, 3.8) is 0 Å². The second kappa shape index (κ2) is 5.90. The summed E-state index contributed by atoms with van der Waals surface area (Å²) in [5.74, 6) is 0.439. The lowest BCUT2D eigenvalue weighted by atomic mass is 10.0. The molecule has 0 aliphatic heterocycles. The summed E-state index contributed by atoms with van der Waals surface area (Å²) in [5, 5.41) is 12.4. The van der Waals surface area contributed by atoms with Crippen LogP contribution in [0.5, 0.6) is 0 Å². The molecule has 0 spiro atoms. The fourth-order valence-corrected chi connectivity index (χ4v) is 3.20. The zero-order valence-corrected chi connectivity index (χ0v) is 13.6. The van der Waals surface area contributed by atoms with Crippen molar-refractivity contribution in [1.29, 1.82) is 5.41 Å². The summed E-state index contributed by atoms with van der Waals surface area (Å²) in [6.07, 6.45) is 3.45. The quantitative estimate of drug-likeness (QED) is 0.507. The molecule has 124 valence electrons. The molecule has 5 N–H and O–H groups in total. The summed E-state index contributed by atoms with van der Waals surface area (Å²) in [6.45, 7) is 0. The highest BCUT2D eigenvalue weighted by atomic mass is 15.4. The van der Waals surface area contributed by atoms with Crippen LogP contribution in [0.1, 0.15) is 23.1 Å². The van der Waals surface area contributed by atoms with Crippen LogP contribution in [0.25, 0.3) is 11.3 Å². The smallest absolute Gasteiger partial charge is 0.221 e. The molecule has 0 amide bonds. The SMILES string of the molecule is N=C(N)c1cccc2c1CCC2=Nn1cc(-c2ccccc2)nc1N. The summed E-state index contributed by atoms with van der Waals surface area (Å²) in [5.41, 5.74) is 17.3. The molecule has 25 heavy (non-hydrogen) atoms. The van der Waals surface area contributed by atoms with Gasteiger partial charge in [0.05, 0.1) is 17.6 Å². The molecule has 6 nitrogen and oxygen atoms in total. The average molecular weight is 330 g/mol. The number of rotatable bonds is 3. The summed E-state index contributed by atoms with van der Waals surface area (Å²) in [6, 6.07) is 15.7. The van der Waals surface area contributed by atoms with Crippen LogP contribution in [-0.2, 0) is 6.42 Å². The monoisotopic (exact) mass is 330 g/mol. The van der Waals surface area contributed by atoms with Crippen LogP contribution in [0.3, 0.4) is 0 Å². The van der Waals surface area contributed by atoms with Gasteiger partial charge in [0.1, 0.15) is 5.84 Å². The second-order valence-electron chi connectivity index (χ2n) is 5.99. The van der Waals surface area contributed by atoms with Crippen LogP contribution in [-0.4, -0.2) is 21.2 Å². The van der Waals surface area contributed by atoms with Crippen LogP contribution in [0, 0.1) is 5.41 Å². The number of hydrogen-bond donors (Lipinski definition) is 3. The van der Waals surface area contributed by atoms with E-state index in [2.05, 4.69) is 10.1 Å². The molecular formula is C19H18N6. The third kappa shape index (κ3) is 2.67. The molecule has 0 atom stereocenters. The Hall–Kier alpha value is -3.41. The predicted molar refractivity (Wildman–Crippen MR) is 99.8 cm³/mol. The van der Waals surface area contributed by atoms with E-state index in [0.29, 0.717) is 5.95 Å². The van der Waals surface area contributed by atoms with Gasteiger partial charge in [-0.3, -0.25) is 5.41 Å². The van der Waals surface area contributed by atoms with Crippen molar-refractivity contribution >= 4 is 17.5 Å². The van der Waals surface area contributed by atoms with Crippen molar-refractivity contribution in [2.45, 2.75) is 12.8 Å². The lowest BCUT2D eigenvalue weighted by molar-refractivity contribution is 0.883. The van der Waals surface area contributed by atoms with Gasteiger partial charge in [-0.2, -0.15) is 5.10 Å². The summed E-state index contributed by atoms with van der Waals surface area (Å²) in [7, 11) is 0. The van der Waals surface area contributed by atoms with Crippen molar-refractivity contribution in [1.82, 2.24) is 9.66 Å². The Labute approximate surface area is 145 Å². The number of nitrogens with zero attached hydrogens (tertiary/aromatic N) is 3. The molecule has 2 aromatic carbocycles. The Morgan fingerprint density at radius 1 is 1.08 bits per heavy atom. The zero-order chi connectivity index (χ0) is 17.4. The predicted octanol–water partition coefficient (Wildman–Crippen LogP) is 2.61. The van der Waals surface area contributed by atoms with Gasteiger partial charge in [0.25, 0.3) is 0 Å². The number of aromatic nitrogens is 2. The first kappa shape index (κ1) is 15.1. The van der Waals surface area contributed by atoms with Gasteiger partial charge in [-0.05, 0) is 18.4 Å². The topological polar surface area (TPSA) is 106 Å². The first-order chi connectivity index (χ1) is 12.1. The molecular weight excluding hydrogens is 312 g/mol. The van der Waals surface area contributed by atoms with Crippen LogP contribution < -0.4 is 11.5 Å². The highest BCUT2D eigenvalue weighted by Crippen LogP contribution is 2.27. The van der Waals surface area contributed by atoms with E-state index in [1.165, 1.54) is 0 Å². The summed E-state index contributed by atoms with van der Waals surface area (Å²) in [4.78, 5) is 4.40.